The number of carbonyl (C=O) groups excluding carboxylic acids is 2. The van der Waals surface area contributed by atoms with Crippen molar-refractivity contribution < 1.29 is 9.59 Å². The SMILES string of the molecule is Cc1cc(NC(=O)CSc2nc3ccccc3c(=O)n2CC2CCC(C(=O)NCCc3ccccc3)CC2)n[nH]1. The van der Waals surface area contributed by atoms with E-state index in [0.717, 1.165) is 37.8 Å². The number of hydrogen-bond acceptors (Lipinski definition) is 6. The Labute approximate surface area is 237 Å². The number of hydrogen-bond donors (Lipinski definition) is 3. The van der Waals surface area contributed by atoms with Crippen molar-refractivity contribution in [2.24, 2.45) is 11.8 Å². The van der Waals surface area contributed by atoms with Gasteiger partial charge in [-0.2, -0.15) is 5.10 Å². The molecule has 4 aromatic rings. The van der Waals surface area contributed by atoms with E-state index in [9.17, 15) is 14.4 Å². The molecule has 40 heavy (non-hydrogen) atoms. The minimum absolute atomic E-state index is 0.00157. The van der Waals surface area contributed by atoms with Gasteiger partial charge in [-0.15, -0.1) is 0 Å². The van der Waals surface area contributed by atoms with Gasteiger partial charge in [0.25, 0.3) is 5.56 Å². The number of nitrogens with one attached hydrogen (secondary N) is 3. The van der Waals surface area contributed by atoms with Crippen LogP contribution in [0.2, 0.25) is 0 Å². The number of para-hydroxylation sites is 1. The third kappa shape index (κ3) is 6.98. The number of fused-ring (bicyclic) bond motifs is 1. The lowest BCUT2D eigenvalue weighted by Crippen LogP contribution is -2.35. The molecule has 208 valence electrons. The zero-order chi connectivity index (χ0) is 27.9. The average molecular weight is 559 g/mol. The van der Waals surface area contributed by atoms with Gasteiger partial charge in [0, 0.05) is 30.8 Å². The molecule has 0 saturated heterocycles. The normalized spacial score (nSPS) is 17.0. The Bertz CT molecular complexity index is 1530. The monoisotopic (exact) mass is 558 g/mol. The molecule has 9 nitrogen and oxygen atoms in total. The number of thioether (sulfide) groups is 1. The summed E-state index contributed by atoms with van der Waals surface area (Å²) in [6, 6.07) is 19.2. The summed E-state index contributed by atoms with van der Waals surface area (Å²) in [7, 11) is 0. The van der Waals surface area contributed by atoms with Gasteiger partial charge >= 0.3 is 0 Å². The molecule has 2 heterocycles. The van der Waals surface area contributed by atoms with Gasteiger partial charge in [-0.3, -0.25) is 24.0 Å². The predicted octanol–water partition coefficient (Wildman–Crippen LogP) is 4.32. The fourth-order valence-corrected chi connectivity index (χ4v) is 6.00. The number of benzene rings is 2. The first-order valence-electron chi connectivity index (χ1n) is 13.7. The van der Waals surface area contributed by atoms with E-state index in [2.05, 4.69) is 33.0 Å². The molecule has 2 aromatic heterocycles. The number of H-pyrrole nitrogens is 1. The maximum Gasteiger partial charge on any atom is 0.262 e. The maximum atomic E-state index is 13.5. The van der Waals surface area contributed by atoms with Gasteiger partial charge in [0.1, 0.15) is 0 Å². The van der Waals surface area contributed by atoms with Crippen LogP contribution >= 0.6 is 11.8 Å². The lowest BCUT2D eigenvalue weighted by atomic mass is 9.81. The van der Waals surface area contributed by atoms with E-state index in [1.54, 1.807) is 16.7 Å². The number of amides is 2. The summed E-state index contributed by atoms with van der Waals surface area (Å²) < 4.78 is 1.71. The molecule has 0 bridgehead atoms. The Morgan fingerprint density at radius 1 is 1.05 bits per heavy atom. The lowest BCUT2D eigenvalue weighted by molar-refractivity contribution is -0.126. The molecule has 0 aliphatic heterocycles. The first-order valence-corrected chi connectivity index (χ1v) is 14.7. The van der Waals surface area contributed by atoms with Gasteiger partial charge < -0.3 is 10.6 Å². The predicted molar refractivity (Wildman–Crippen MR) is 157 cm³/mol. The van der Waals surface area contributed by atoms with Crippen LogP contribution in [0.5, 0.6) is 0 Å². The van der Waals surface area contributed by atoms with Crippen LogP contribution in [0.15, 0.2) is 70.6 Å². The summed E-state index contributed by atoms with van der Waals surface area (Å²) in [5.74, 6) is 0.730. The number of aromatic nitrogens is 4. The van der Waals surface area contributed by atoms with Crippen LogP contribution < -0.4 is 16.2 Å². The van der Waals surface area contributed by atoms with Gasteiger partial charge in [-0.1, -0.05) is 54.2 Å². The summed E-state index contributed by atoms with van der Waals surface area (Å²) in [5, 5.41) is 13.8. The largest absolute Gasteiger partial charge is 0.356 e. The quantitative estimate of drug-likeness (QED) is 0.197. The zero-order valence-electron chi connectivity index (χ0n) is 22.6. The van der Waals surface area contributed by atoms with E-state index in [1.807, 2.05) is 43.3 Å². The molecule has 1 aliphatic rings. The van der Waals surface area contributed by atoms with Crippen LogP contribution in [-0.4, -0.2) is 43.9 Å². The first-order chi connectivity index (χ1) is 19.5. The average Bonchev–Trinajstić information content (AvgIpc) is 3.38. The minimum Gasteiger partial charge on any atom is -0.356 e. The Morgan fingerprint density at radius 3 is 2.55 bits per heavy atom. The van der Waals surface area contributed by atoms with Crippen molar-refractivity contribution in [2.45, 2.75) is 50.7 Å². The van der Waals surface area contributed by atoms with Gasteiger partial charge in [-0.05, 0) is 62.6 Å². The van der Waals surface area contributed by atoms with E-state index < -0.39 is 0 Å². The van der Waals surface area contributed by atoms with Crippen LogP contribution in [0.25, 0.3) is 10.9 Å². The summed E-state index contributed by atoms with van der Waals surface area (Å²) in [5.41, 5.74) is 2.58. The standard InChI is InChI=1S/C30H34N6O3S/c1-20-17-26(35-34-20)33-27(37)19-40-30-32-25-10-6-5-9-24(25)29(39)36(30)18-22-11-13-23(14-12-22)28(38)31-16-15-21-7-3-2-4-8-21/h2-10,17,22-23H,11-16,18-19H2,1H3,(H,31,38)(H2,33,34,35,37). The van der Waals surface area contributed by atoms with Crippen molar-refractivity contribution in [2.75, 3.05) is 17.6 Å². The fraction of sp³-hybridized carbons (Fsp3) is 0.367. The molecule has 2 amide bonds. The third-order valence-corrected chi connectivity index (χ3v) is 8.32. The molecular weight excluding hydrogens is 524 g/mol. The summed E-state index contributed by atoms with van der Waals surface area (Å²) in [4.78, 5) is 43.6. The van der Waals surface area contributed by atoms with Crippen molar-refractivity contribution >= 4 is 40.3 Å². The van der Waals surface area contributed by atoms with Gasteiger partial charge in [0.05, 0.1) is 16.7 Å². The number of aromatic amines is 1. The van der Waals surface area contributed by atoms with Crippen molar-refractivity contribution in [1.82, 2.24) is 25.1 Å². The van der Waals surface area contributed by atoms with E-state index in [-0.39, 0.29) is 35.0 Å². The number of nitrogens with zero attached hydrogens (tertiary/aromatic N) is 3. The fourth-order valence-electron chi connectivity index (χ4n) is 5.19. The third-order valence-electron chi connectivity index (χ3n) is 7.35. The Hall–Kier alpha value is -3.92. The number of carbonyl (C=O) groups is 2. The maximum absolute atomic E-state index is 13.5. The number of anilines is 1. The van der Waals surface area contributed by atoms with Crippen LogP contribution in [0.3, 0.4) is 0 Å². The molecule has 0 spiro atoms. The highest BCUT2D eigenvalue weighted by molar-refractivity contribution is 7.99. The van der Waals surface area contributed by atoms with E-state index >= 15 is 0 Å². The highest BCUT2D eigenvalue weighted by Gasteiger charge is 2.27. The molecular formula is C30H34N6O3S. The van der Waals surface area contributed by atoms with Crippen molar-refractivity contribution in [3.8, 4) is 0 Å². The molecule has 5 rings (SSSR count). The van der Waals surface area contributed by atoms with Gasteiger partial charge in [0.15, 0.2) is 11.0 Å². The Balaban J connectivity index is 1.20. The van der Waals surface area contributed by atoms with Crippen LogP contribution in [0, 0.1) is 18.8 Å². The highest BCUT2D eigenvalue weighted by atomic mass is 32.2. The summed E-state index contributed by atoms with van der Waals surface area (Å²) in [6.07, 6.45) is 4.13. The van der Waals surface area contributed by atoms with E-state index in [0.29, 0.717) is 35.0 Å². The van der Waals surface area contributed by atoms with E-state index in [1.165, 1.54) is 17.3 Å². The molecule has 3 N–H and O–H groups in total. The van der Waals surface area contributed by atoms with Crippen molar-refractivity contribution in [1.29, 1.82) is 0 Å². The molecule has 0 atom stereocenters. The first kappa shape index (κ1) is 27.6. The summed E-state index contributed by atoms with van der Waals surface area (Å²) >= 11 is 1.25. The topological polar surface area (TPSA) is 122 Å². The molecule has 1 fully saturated rings. The molecule has 2 aromatic carbocycles. The molecule has 0 radical (unpaired) electrons. The highest BCUT2D eigenvalue weighted by Crippen LogP contribution is 2.31. The van der Waals surface area contributed by atoms with Gasteiger partial charge in [0.2, 0.25) is 11.8 Å². The molecule has 10 heteroatoms. The number of rotatable bonds is 10. The number of aryl methyl sites for hydroxylation is 1. The smallest absolute Gasteiger partial charge is 0.262 e. The Morgan fingerprint density at radius 2 is 1.80 bits per heavy atom. The molecule has 1 aliphatic carbocycles. The minimum atomic E-state index is -0.218. The zero-order valence-corrected chi connectivity index (χ0v) is 23.4. The lowest BCUT2D eigenvalue weighted by Gasteiger charge is -2.28. The van der Waals surface area contributed by atoms with Crippen LogP contribution in [0.4, 0.5) is 5.82 Å². The second-order valence-electron chi connectivity index (χ2n) is 10.3. The van der Waals surface area contributed by atoms with Crippen LogP contribution in [0.1, 0.15) is 36.9 Å². The molecule has 1 saturated carbocycles. The summed E-state index contributed by atoms with van der Waals surface area (Å²) in [6.45, 7) is 3.01. The van der Waals surface area contributed by atoms with Crippen molar-refractivity contribution in [3.05, 3.63) is 82.3 Å². The Kier molecular flexibility index (Phi) is 8.95. The van der Waals surface area contributed by atoms with Crippen molar-refractivity contribution in [3.63, 3.8) is 0 Å². The second-order valence-corrected chi connectivity index (χ2v) is 11.3. The molecule has 0 unspecified atom stereocenters. The second kappa shape index (κ2) is 13.0. The van der Waals surface area contributed by atoms with Gasteiger partial charge in [-0.25, -0.2) is 4.98 Å². The van der Waals surface area contributed by atoms with Crippen LogP contribution in [-0.2, 0) is 22.6 Å². The van der Waals surface area contributed by atoms with E-state index in [4.69, 9.17) is 4.98 Å².